The number of carbonyl (C=O) groups excluding carboxylic acids is 2. The van der Waals surface area contributed by atoms with Gasteiger partial charge in [-0.3, -0.25) is 9.78 Å². The van der Waals surface area contributed by atoms with Crippen molar-refractivity contribution in [1.29, 1.82) is 0 Å². The third-order valence-corrected chi connectivity index (χ3v) is 5.64. The highest BCUT2D eigenvalue weighted by Crippen LogP contribution is 2.35. The molecule has 2 aromatic rings. The van der Waals surface area contributed by atoms with Gasteiger partial charge in [0.25, 0.3) is 5.91 Å². The van der Waals surface area contributed by atoms with Gasteiger partial charge in [-0.15, -0.1) is 0 Å². The summed E-state index contributed by atoms with van der Waals surface area (Å²) in [5.41, 5.74) is 0.521. The number of pyridine rings is 1. The Morgan fingerprint density at radius 2 is 1.81 bits per heavy atom. The molecule has 2 aliphatic rings. The molecular formula is C23H26F2N4O3. The third kappa shape index (κ3) is 4.81. The zero-order chi connectivity index (χ0) is 23.0. The van der Waals surface area contributed by atoms with E-state index in [-0.39, 0.29) is 23.4 Å². The summed E-state index contributed by atoms with van der Waals surface area (Å²) < 4.78 is 32.3. The number of nitrogens with zero attached hydrogens (tertiary/aromatic N) is 3. The number of likely N-dealkylation sites (tertiary alicyclic amines) is 1. The fraction of sp³-hybridized carbons (Fsp3) is 0.435. The molecule has 2 saturated heterocycles. The van der Waals surface area contributed by atoms with Gasteiger partial charge in [-0.25, -0.2) is 13.6 Å². The van der Waals surface area contributed by atoms with Gasteiger partial charge >= 0.3 is 6.09 Å². The van der Waals surface area contributed by atoms with E-state index in [1.54, 1.807) is 17.2 Å². The Bertz CT molecular complexity index is 1020. The number of benzene rings is 1. The van der Waals surface area contributed by atoms with Gasteiger partial charge in [-0.1, -0.05) is 0 Å². The molecule has 2 atom stereocenters. The molecule has 170 valence electrons. The molecule has 0 saturated carbocycles. The molecule has 7 nitrogen and oxygen atoms in total. The number of ether oxygens (including phenoxy) is 1. The maximum Gasteiger partial charge on any atom is 0.410 e. The highest BCUT2D eigenvalue weighted by atomic mass is 19.1. The van der Waals surface area contributed by atoms with Crippen molar-refractivity contribution < 1.29 is 23.1 Å². The van der Waals surface area contributed by atoms with Gasteiger partial charge < -0.3 is 19.9 Å². The first-order valence-corrected chi connectivity index (χ1v) is 10.6. The van der Waals surface area contributed by atoms with Crippen LogP contribution in [0.15, 0.2) is 36.7 Å². The zero-order valence-corrected chi connectivity index (χ0v) is 18.3. The lowest BCUT2D eigenvalue weighted by molar-refractivity contribution is 0.0284. The number of hydrogen-bond acceptors (Lipinski definition) is 5. The van der Waals surface area contributed by atoms with Crippen molar-refractivity contribution >= 4 is 23.4 Å². The van der Waals surface area contributed by atoms with E-state index in [1.807, 2.05) is 20.8 Å². The lowest BCUT2D eigenvalue weighted by Crippen LogP contribution is -2.39. The average molecular weight is 444 g/mol. The average Bonchev–Trinajstić information content (AvgIpc) is 3.26. The van der Waals surface area contributed by atoms with Crippen molar-refractivity contribution in [2.45, 2.75) is 38.8 Å². The number of aromatic nitrogens is 1. The van der Waals surface area contributed by atoms with E-state index in [2.05, 4.69) is 15.2 Å². The minimum atomic E-state index is -0.772. The van der Waals surface area contributed by atoms with E-state index in [4.69, 9.17) is 4.74 Å². The molecule has 1 N–H and O–H groups in total. The minimum absolute atomic E-state index is 0.0305. The lowest BCUT2D eigenvalue weighted by Gasteiger charge is -2.28. The Balaban J connectivity index is 1.46. The topological polar surface area (TPSA) is 74.8 Å². The van der Waals surface area contributed by atoms with Crippen LogP contribution in [0.5, 0.6) is 0 Å². The Kier molecular flexibility index (Phi) is 5.75. The SMILES string of the molecule is CC(C)(C)OC(=O)N1C[C@H]2CCN(c3cncc(C(=O)Nc4cc(F)cc(F)c4)c3)[C@H]2C1. The summed E-state index contributed by atoms with van der Waals surface area (Å²) in [4.78, 5) is 33.2. The zero-order valence-electron chi connectivity index (χ0n) is 18.3. The molecule has 4 rings (SSSR count). The standard InChI is InChI=1S/C23H26F2N4O3/c1-23(2,3)32-22(31)28-12-14-4-5-29(20(14)13-28)19-6-15(10-26-11-19)21(30)27-18-8-16(24)7-17(25)9-18/h6-11,14,20H,4-5,12-13H2,1-3H3,(H,27,30)/t14-,20+/m1/s1. The number of nitrogens with one attached hydrogen (secondary N) is 1. The molecule has 0 spiro atoms. The molecule has 0 radical (unpaired) electrons. The van der Waals surface area contributed by atoms with Gasteiger partial charge in [0.05, 0.1) is 23.5 Å². The van der Waals surface area contributed by atoms with Crippen LogP contribution in [0.25, 0.3) is 0 Å². The van der Waals surface area contributed by atoms with E-state index < -0.39 is 23.1 Å². The number of anilines is 2. The molecule has 1 aromatic carbocycles. The molecule has 2 aliphatic heterocycles. The Labute approximate surface area is 185 Å². The highest BCUT2D eigenvalue weighted by Gasteiger charge is 2.44. The van der Waals surface area contributed by atoms with Crippen LogP contribution in [0.1, 0.15) is 37.6 Å². The summed E-state index contributed by atoms with van der Waals surface area (Å²) in [5.74, 6) is -1.74. The highest BCUT2D eigenvalue weighted by molar-refractivity contribution is 6.04. The number of amides is 2. The van der Waals surface area contributed by atoms with Gasteiger partial charge in [-0.2, -0.15) is 0 Å². The van der Waals surface area contributed by atoms with Crippen LogP contribution in [0, 0.1) is 17.6 Å². The van der Waals surface area contributed by atoms with E-state index in [0.717, 1.165) is 36.9 Å². The van der Waals surface area contributed by atoms with Crippen LogP contribution in [0.4, 0.5) is 25.0 Å². The molecule has 2 fully saturated rings. The Morgan fingerprint density at radius 1 is 1.09 bits per heavy atom. The van der Waals surface area contributed by atoms with E-state index in [9.17, 15) is 18.4 Å². The molecule has 3 heterocycles. The van der Waals surface area contributed by atoms with Crippen LogP contribution >= 0.6 is 0 Å². The number of hydrogen-bond donors (Lipinski definition) is 1. The number of halogens is 2. The molecule has 0 bridgehead atoms. The summed E-state index contributed by atoms with van der Waals surface area (Å²) in [5, 5.41) is 2.50. The summed E-state index contributed by atoms with van der Waals surface area (Å²) in [6.07, 6.45) is 3.68. The molecule has 1 aromatic heterocycles. The van der Waals surface area contributed by atoms with Crippen molar-refractivity contribution in [3.05, 3.63) is 53.9 Å². The van der Waals surface area contributed by atoms with Gasteiger partial charge in [0.15, 0.2) is 0 Å². The first-order valence-electron chi connectivity index (χ1n) is 10.6. The largest absolute Gasteiger partial charge is 0.444 e. The first kappa shape index (κ1) is 22.0. The summed E-state index contributed by atoms with van der Waals surface area (Å²) in [6.45, 7) is 7.49. The maximum absolute atomic E-state index is 13.4. The molecular weight excluding hydrogens is 418 g/mol. The first-order chi connectivity index (χ1) is 15.1. The van der Waals surface area contributed by atoms with Crippen LogP contribution in [0.3, 0.4) is 0 Å². The second-order valence-electron chi connectivity index (χ2n) is 9.24. The van der Waals surface area contributed by atoms with Crippen molar-refractivity contribution in [3.63, 3.8) is 0 Å². The van der Waals surface area contributed by atoms with Crippen LogP contribution < -0.4 is 10.2 Å². The normalized spacial score (nSPS) is 20.3. The Hall–Kier alpha value is -3.23. The monoisotopic (exact) mass is 444 g/mol. The van der Waals surface area contributed by atoms with Crippen LogP contribution in [-0.2, 0) is 4.74 Å². The van der Waals surface area contributed by atoms with Crippen molar-refractivity contribution in [2.24, 2.45) is 5.92 Å². The predicted molar refractivity (Wildman–Crippen MR) is 116 cm³/mol. The fourth-order valence-electron chi connectivity index (χ4n) is 4.30. The maximum atomic E-state index is 13.4. The number of carbonyl (C=O) groups is 2. The summed E-state index contributed by atoms with van der Waals surface area (Å²) >= 11 is 0. The van der Waals surface area contributed by atoms with Crippen molar-refractivity contribution in [1.82, 2.24) is 9.88 Å². The number of fused-ring (bicyclic) bond motifs is 1. The van der Waals surface area contributed by atoms with Gasteiger partial charge in [0.2, 0.25) is 0 Å². The molecule has 2 amide bonds. The van der Waals surface area contributed by atoms with E-state index in [1.165, 1.54) is 6.20 Å². The smallest absolute Gasteiger partial charge is 0.410 e. The van der Waals surface area contributed by atoms with Gasteiger partial charge in [0, 0.05) is 43.5 Å². The van der Waals surface area contributed by atoms with Gasteiger partial charge in [-0.05, 0) is 45.4 Å². The summed E-state index contributed by atoms with van der Waals surface area (Å²) in [7, 11) is 0. The predicted octanol–water partition coefficient (Wildman–Crippen LogP) is 4.06. The van der Waals surface area contributed by atoms with Crippen LogP contribution in [-0.4, -0.2) is 53.2 Å². The van der Waals surface area contributed by atoms with Crippen molar-refractivity contribution in [2.75, 3.05) is 29.9 Å². The molecule has 32 heavy (non-hydrogen) atoms. The fourth-order valence-corrected chi connectivity index (χ4v) is 4.30. The second-order valence-corrected chi connectivity index (χ2v) is 9.24. The van der Waals surface area contributed by atoms with E-state index in [0.29, 0.717) is 19.0 Å². The van der Waals surface area contributed by atoms with Gasteiger partial charge in [0.1, 0.15) is 17.2 Å². The minimum Gasteiger partial charge on any atom is -0.444 e. The molecule has 0 aliphatic carbocycles. The molecule has 0 unspecified atom stereocenters. The second kappa shape index (κ2) is 8.37. The number of rotatable bonds is 3. The van der Waals surface area contributed by atoms with Crippen LogP contribution in [0.2, 0.25) is 0 Å². The Morgan fingerprint density at radius 3 is 2.50 bits per heavy atom. The molecule has 9 heteroatoms. The summed E-state index contributed by atoms with van der Waals surface area (Å²) in [6, 6.07) is 4.65. The van der Waals surface area contributed by atoms with Crippen molar-refractivity contribution in [3.8, 4) is 0 Å². The van der Waals surface area contributed by atoms with E-state index >= 15 is 0 Å². The quantitative estimate of drug-likeness (QED) is 0.773. The lowest BCUT2D eigenvalue weighted by atomic mass is 10.1. The third-order valence-electron chi connectivity index (χ3n) is 5.64.